The largest absolute Gasteiger partial charge is 0.399 e. The van der Waals surface area contributed by atoms with Crippen LogP contribution in [0, 0.1) is 12.7 Å². The van der Waals surface area contributed by atoms with Gasteiger partial charge in [0, 0.05) is 16.9 Å². The summed E-state index contributed by atoms with van der Waals surface area (Å²) in [7, 11) is 0. The number of amides is 1. The van der Waals surface area contributed by atoms with Gasteiger partial charge in [0.25, 0.3) is 5.91 Å². The van der Waals surface area contributed by atoms with E-state index in [9.17, 15) is 9.18 Å². The normalized spacial score (nSPS) is 10.3. The molecular weight excluding hydrogens is 267 g/mol. The van der Waals surface area contributed by atoms with E-state index in [-0.39, 0.29) is 10.9 Å². The minimum atomic E-state index is -0.576. The van der Waals surface area contributed by atoms with Crippen LogP contribution >= 0.6 is 11.6 Å². The molecule has 3 nitrogen and oxygen atoms in total. The SMILES string of the molecule is Cc1cc(C(=O)Nc2ccc(Cl)c(F)c2)ccc1N. The summed E-state index contributed by atoms with van der Waals surface area (Å²) in [4.78, 5) is 12.0. The van der Waals surface area contributed by atoms with E-state index < -0.39 is 5.82 Å². The quantitative estimate of drug-likeness (QED) is 0.824. The molecule has 19 heavy (non-hydrogen) atoms. The molecule has 0 bridgehead atoms. The highest BCUT2D eigenvalue weighted by molar-refractivity contribution is 6.30. The molecule has 0 aliphatic heterocycles. The molecule has 0 saturated heterocycles. The predicted octanol–water partition coefficient (Wildman–Crippen LogP) is 3.62. The van der Waals surface area contributed by atoms with Crippen LogP contribution in [0.4, 0.5) is 15.8 Å². The fourth-order valence-corrected chi connectivity index (χ4v) is 1.71. The summed E-state index contributed by atoms with van der Waals surface area (Å²) in [6.45, 7) is 1.81. The van der Waals surface area contributed by atoms with Crippen molar-refractivity contribution in [3.8, 4) is 0 Å². The summed E-state index contributed by atoms with van der Waals surface area (Å²) in [5, 5.41) is 2.61. The van der Waals surface area contributed by atoms with Gasteiger partial charge in [-0.2, -0.15) is 0 Å². The van der Waals surface area contributed by atoms with Crippen LogP contribution in [0.1, 0.15) is 15.9 Å². The number of hydrogen-bond acceptors (Lipinski definition) is 2. The molecule has 5 heteroatoms. The molecule has 0 saturated carbocycles. The van der Waals surface area contributed by atoms with E-state index in [1.165, 1.54) is 18.2 Å². The van der Waals surface area contributed by atoms with Gasteiger partial charge < -0.3 is 11.1 Å². The molecule has 0 aliphatic rings. The van der Waals surface area contributed by atoms with Gasteiger partial charge in [0.2, 0.25) is 0 Å². The summed E-state index contributed by atoms with van der Waals surface area (Å²) < 4.78 is 13.2. The van der Waals surface area contributed by atoms with Gasteiger partial charge >= 0.3 is 0 Å². The summed E-state index contributed by atoms with van der Waals surface area (Å²) in [5.74, 6) is -0.905. The Hall–Kier alpha value is -2.07. The fraction of sp³-hybridized carbons (Fsp3) is 0.0714. The number of nitrogens with one attached hydrogen (secondary N) is 1. The molecule has 0 aromatic heterocycles. The van der Waals surface area contributed by atoms with Crippen LogP contribution in [0.5, 0.6) is 0 Å². The van der Waals surface area contributed by atoms with Gasteiger partial charge in [0.15, 0.2) is 0 Å². The monoisotopic (exact) mass is 278 g/mol. The number of carbonyl (C=O) groups is 1. The maximum atomic E-state index is 13.2. The second-order valence-corrected chi connectivity index (χ2v) is 4.56. The van der Waals surface area contributed by atoms with E-state index in [0.717, 1.165) is 5.56 Å². The Bertz CT molecular complexity index is 643. The number of nitrogens with two attached hydrogens (primary N) is 1. The lowest BCUT2D eigenvalue weighted by Crippen LogP contribution is -2.12. The molecule has 3 N–H and O–H groups in total. The molecular formula is C14H12ClFN2O. The van der Waals surface area contributed by atoms with Gasteiger partial charge in [0.05, 0.1) is 5.02 Å². The number of rotatable bonds is 2. The zero-order valence-electron chi connectivity index (χ0n) is 10.2. The number of benzene rings is 2. The minimum Gasteiger partial charge on any atom is -0.399 e. The van der Waals surface area contributed by atoms with Crippen molar-refractivity contribution in [3.63, 3.8) is 0 Å². The smallest absolute Gasteiger partial charge is 0.255 e. The molecule has 2 aromatic carbocycles. The molecule has 0 heterocycles. The molecule has 0 aliphatic carbocycles. The molecule has 2 rings (SSSR count). The van der Waals surface area contributed by atoms with Crippen LogP contribution in [-0.4, -0.2) is 5.91 Å². The van der Waals surface area contributed by atoms with Crippen LogP contribution < -0.4 is 11.1 Å². The van der Waals surface area contributed by atoms with Crippen LogP contribution in [0.15, 0.2) is 36.4 Å². The number of nitrogen functional groups attached to an aromatic ring is 1. The van der Waals surface area contributed by atoms with Crippen LogP contribution in [-0.2, 0) is 0 Å². The molecule has 0 fully saturated rings. The standard InChI is InChI=1S/C14H12ClFN2O/c1-8-6-9(2-5-13(8)17)14(19)18-10-3-4-11(15)12(16)7-10/h2-7H,17H2,1H3,(H,18,19). The van der Waals surface area contributed by atoms with Crippen LogP contribution in [0.3, 0.4) is 0 Å². The maximum absolute atomic E-state index is 13.2. The molecule has 0 atom stereocenters. The second-order valence-electron chi connectivity index (χ2n) is 4.15. The van der Waals surface area contributed by atoms with Crippen LogP contribution in [0.25, 0.3) is 0 Å². The first-order valence-corrected chi connectivity index (χ1v) is 5.97. The van der Waals surface area contributed by atoms with E-state index in [1.807, 2.05) is 6.92 Å². The van der Waals surface area contributed by atoms with Gasteiger partial charge in [-0.25, -0.2) is 4.39 Å². The van der Waals surface area contributed by atoms with E-state index in [0.29, 0.717) is 16.9 Å². The summed E-state index contributed by atoms with van der Waals surface area (Å²) in [6, 6.07) is 9.05. The topological polar surface area (TPSA) is 55.1 Å². The highest BCUT2D eigenvalue weighted by Crippen LogP contribution is 2.20. The highest BCUT2D eigenvalue weighted by Gasteiger charge is 2.08. The van der Waals surface area contributed by atoms with Crippen molar-refractivity contribution in [1.82, 2.24) is 0 Å². The highest BCUT2D eigenvalue weighted by atomic mass is 35.5. The van der Waals surface area contributed by atoms with Gasteiger partial charge in [-0.15, -0.1) is 0 Å². The van der Waals surface area contributed by atoms with E-state index in [2.05, 4.69) is 5.32 Å². The second kappa shape index (κ2) is 5.28. The Labute approximate surface area is 115 Å². The summed E-state index contributed by atoms with van der Waals surface area (Å²) in [6.07, 6.45) is 0. The third kappa shape index (κ3) is 3.03. The zero-order valence-corrected chi connectivity index (χ0v) is 11.0. The molecule has 0 unspecified atom stereocenters. The Morgan fingerprint density at radius 1 is 1.26 bits per heavy atom. The Morgan fingerprint density at radius 2 is 2.00 bits per heavy atom. The van der Waals surface area contributed by atoms with Crippen molar-refractivity contribution in [3.05, 3.63) is 58.4 Å². The average molecular weight is 279 g/mol. The fourth-order valence-electron chi connectivity index (χ4n) is 1.59. The third-order valence-corrected chi connectivity index (χ3v) is 3.02. The van der Waals surface area contributed by atoms with Gasteiger partial charge in [-0.3, -0.25) is 4.79 Å². The summed E-state index contributed by atoms with van der Waals surface area (Å²) in [5.41, 5.74) is 7.92. The van der Waals surface area contributed by atoms with Gasteiger partial charge in [0.1, 0.15) is 5.82 Å². The van der Waals surface area contributed by atoms with Gasteiger partial charge in [-0.1, -0.05) is 11.6 Å². The lowest BCUT2D eigenvalue weighted by molar-refractivity contribution is 0.102. The maximum Gasteiger partial charge on any atom is 0.255 e. The number of carbonyl (C=O) groups excluding carboxylic acids is 1. The summed E-state index contributed by atoms with van der Waals surface area (Å²) >= 11 is 5.57. The van der Waals surface area contributed by atoms with E-state index in [1.54, 1.807) is 18.2 Å². The van der Waals surface area contributed by atoms with Crippen molar-refractivity contribution in [1.29, 1.82) is 0 Å². The minimum absolute atomic E-state index is 0.0151. The Kier molecular flexibility index (Phi) is 3.71. The van der Waals surface area contributed by atoms with Crippen LogP contribution in [0.2, 0.25) is 5.02 Å². The first-order chi connectivity index (χ1) is 8.97. The molecule has 0 radical (unpaired) electrons. The first-order valence-electron chi connectivity index (χ1n) is 5.60. The number of halogens is 2. The van der Waals surface area contributed by atoms with Crippen molar-refractivity contribution >= 4 is 28.9 Å². The molecule has 0 spiro atoms. The van der Waals surface area contributed by atoms with Crippen molar-refractivity contribution in [2.75, 3.05) is 11.1 Å². The molecule has 2 aromatic rings. The lowest BCUT2D eigenvalue weighted by Gasteiger charge is -2.07. The molecule has 98 valence electrons. The number of hydrogen-bond donors (Lipinski definition) is 2. The average Bonchev–Trinajstić information content (AvgIpc) is 2.37. The van der Waals surface area contributed by atoms with Crippen molar-refractivity contribution in [2.24, 2.45) is 0 Å². The third-order valence-electron chi connectivity index (χ3n) is 2.71. The van der Waals surface area contributed by atoms with E-state index in [4.69, 9.17) is 17.3 Å². The lowest BCUT2D eigenvalue weighted by atomic mass is 10.1. The number of anilines is 2. The first kappa shape index (κ1) is 13.4. The zero-order chi connectivity index (χ0) is 14.0. The predicted molar refractivity (Wildman–Crippen MR) is 75.0 cm³/mol. The van der Waals surface area contributed by atoms with E-state index >= 15 is 0 Å². The van der Waals surface area contributed by atoms with Gasteiger partial charge in [-0.05, 0) is 48.9 Å². The Balaban J connectivity index is 2.20. The Morgan fingerprint density at radius 3 is 2.63 bits per heavy atom. The van der Waals surface area contributed by atoms with Crippen molar-refractivity contribution < 1.29 is 9.18 Å². The van der Waals surface area contributed by atoms with Crippen molar-refractivity contribution in [2.45, 2.75) is 6.92 Å². The number of aryl methyl sites for hydroxylation is 1. The molecule has 1 amide bonds.